The van der Waals surface area contributed by atoms with E-state index in [1.165, 1.54) is 18.1 Å². The number of carbonyl (C=O) groups is 1. The van der Waals surface area contributed by atoms with E-state index in [0.717, 1.165) is 19.5 Å². The van der Waals surface area contributed by atoms with Crippen LogP contribution in [0.1, 0.15) is 18.9 Å². The minimum atomic E-state index is -0.958. The fourth-order valence-corrected chi connectivity index (χ4v) is 1.89. The van der Waals surface area contributed by atoms with Crippen LogP contribution in [0.3, 0.4) is 0 Å². The van der Waals surface area contributed by atoms with Gasteiger partial charge >= 0.3 is 5.97 Å². The quantitative estimate of drug-likeness (QED) is 0.853. The van der Waals surface area contributed by atoms with Gasteiger partial charge in [-0.15, -0.1) is 0 Å². The van der Waals surface area contributed by atoms with Crippen LogP contribution in [0.15, 0.2) is 30.3 Å². The number of nitrogens with one attached hydrogen (secondary N) is 1. The molecule has 0 fully saturated rings. The van der Waals surface area contributed by atoms with Gasteiger partial charge in [0, 0.05) is 6.54 Å². The predicted molar refractivity (Wildman–Crippen MR) is 69.6 cm³/mol. The Balaban J connectivity index is 2.05. The molecule has 1 aromatic rings. The van der Waals surface area contributed by atoms with Gasteiger partial charge in [0.1, 0.15) is 5.75 Å². The monoisotopic (exact) mass is 247 g/mol. The molecule has 0 spiro atoms. The van der Waals surface area contributed by atoms with Crippen molar-refractivity contribution in [3.8, 4) is 5.75 Å². The van der Waals surface area contributed by atoms with Crippen LogP contribution in [0, 0.1) is 0 Å². The molecule has 1 unspecified atom stereocenters. The number of rotatable bonds is 4. The van der Waals surface area contributed by atoms with Gasteiger partial charge in [-0.3, -0.25) is 0 Å². The zero-order valence-electron chi connectivity index (χ0n) is 10.3. The van der Waals surface area contributed by atoms with E-state index in [1.54, 1.807) is 0 Å². The lowest BCUT2D eigenvalue weighted by atomic mass is 10.0. The average Bonchev–Trinajstić information content (AvgIpc) is 2.40. The van der Waals surface area contributed by atoms with E-state index in [0.29, 0.717) is 5.75 Å². The first-order chi connectivity index (χ1) is 8.66. The Morgan fingerprint density at radius 2 is 2.11 bits per heavy atom. The van der Waals surface area contributed by atoms with Crippen molar-refractivity contribution in [3.63, 3.8) is 0 Å². The summed E-state index contributed by atoms with van der Waals surface area (Å²) in [6.45, 7) is 3.43. The Hall–Kier alpha value is -1.81. The van der Waals surface area contributed by atoms with Gasteiger partial charge in [0.25, 0.3) is 0 Å². The van der Waals surface area contributed by atoms with Crippen LogP contribution in [-0.2, 0) is 4.79 Å². The summed E-state index contributed by atoms with van der Waals surface area (Å²) in [4.78, 5) is 10.7. The SMILES string of the molecule is CC(Oc1ccc(C2=CCNCC2)cc1)C(=O)O. The van der Waals surface area contributed by atoms with Gasteiger partial charge in [0.05, 0.1) is 0 Å². The average molecular weight is 247 g/mol. The third-order valence-corrected chi connectivity index (χ3v) is 2.95. The van der Waals surface area contributed by atoms with E-state index < -0.39 is 12.1 Å². The molecule has 18 heavy (non-hydrogen) atoms. The fourth-order valence-electron chi connectivity index (χ4n) is 1.89. The first kappa shape index (κ1) is 12.6. The Kier molecular flexibility index (Phi) is 3.99. The number of carboxylic acid groups (broad SMARTS) is 1. The Labute approximate surface area is 106 Å². The zero-order valence-corrected chi connectivity index (χ0v) is 10.3. The molecule has 1 aliphatic heterocycles. The molecular formula is C14H17NO3. The number of hydrogen-bond acceptors (Lipinski definition) is 3. The van der Waals surface area contributed by atoms with Crippen LogP contribution in [0.25, 0.3) is 5.57 Å². The molecule has 96 valence electrons. The van der Waals surface area contributed by atoms with Crippen LogP contribution in [0.5, 0.6) is 5.75 Å². The lowest BCUT2D eigenvalue weighted by Crippen LogP contribution is -2.22. The molecule has 1 aliphatic rings. The Bertz CT molecular complexity index is 451. The highest BCUT2D eigenvalue weighted by atomic mass is 16.5. The highest BCUT2D eigenvalue weighted by Gasteiger charge is 2.12. The number of ether oxygens (including phenoxy) is 1. The van der Waals surface area contributed by atoms with Gasteiger partial charge in [-0.1, -0.05) is 18.2 Å². The molecule has 1 atom stereocenters. The summed E-state index contributed by atoms with van der Waals surface area (Å²) >= 11 is 0. The molecule has 1 aromatic carbocycles. The molecule has 0 aliphatic carbocycles. The van der Waals surface area contributed by atoms with Gasteiger partial charge in [-0.2, -0.15) is 0 Å². The van der Waals surface area contributed by atoms with Crippen LogP contribution in [0.4, 0.5) is 0 Å². The smallest absolute Gasteiger partial charge is 0.344 e. The van der Waals surface area contributed by atoms with Crippen molar-refractivity contribution in [3.05, 3.63) is 35.9 Å². The summed E-state index contributed by atoms with van der Waals surface area (Å²) in [5.41, 5.74) is 2.50. The first-order valence-corrected chi connectivity index (χ1v) is 6.06. The van der Waals surface area contributed by atoms with Crippen molar-refractivity contribution >= 4 is 11.5 Å². The van der Waals surface area contributed by atoms with E-state index in [4.69, 9.17) is 9.84 Å². The van der Waals surface area contributed by atoms with E-state index >= 15 is 0 Å². The highest BCUT2D eigenvalue weighted by Crippen LogP contribution is 2.22. The van der Waals surface area contributed by atoms with E-state index in [1.807, 2.05) is 24.3 Å². The largest absolute Gasteiger partial charge is 0.479 e. The van der Waals surface area contributed by atoms with Gasteiger partial charge in [-0.05, 0) is 43.2 Å². The number of carboxylic acids is 1. The second kappa shape index (κ2) is 5.69. The molecule has 0 bridgehead atoms. The molecule has 0 saturated carbocycles. The number of aliphatic carboxylic acids is 1. The molecule has 0 aromatic heterocycles. The summed E-state index contributed by atoms with van der Waals surface area (Å²) in [6, 6.07) is 7.58. The third kappa shape index (κ3) is 3.11. The van der Waals surface area contributed by atoms with E-state index in [2.05, 4.69) is 11.4 Å². The summed E-state index contributed by atoms with van der Waals surface area (Å²) in [5, 5.41) is 12.0. The Morgan fingerprint density at radius 3 is 2.67 bits per heavy atom. The van der Waals surface area contributed by atoms with Gasteiger partial charge in [0.15, 0.2) is 6.10 Å². The molecule has 0 saturated heterocycles. The topological polar surface area (TPSA) is 58.6 Å². The van der Waals surface area contributed by atoms with Crippen LogP contribution in [-0.4, -0.2) is 30.3 Å². The minimum absolute atomic E-state index is 0.586. The van der Waals surface area contributed by atoms with E-state index in [9.17, 15) is 4.79 Å². The molecular weight excluding hydrogens is 230 g/mol. The van der Waals surface area contributed by atoms with Crippen molar-refractivity contribution in [2.24, 2.45) is 0 Å². The van der Waals surface area contributed by atoms with Gasteiger partial charge in [-0.25, -0.2) is 4.79 Å². The second-order valence-electron chi connectivity index (χ2n) is 4.31. The summed E-state index contributed by atoms with van der Waals surface area (Å²) in [5.74, 6) is -0.372. The third-order valence-electron chi connectivity index (χ3n) is 2.95. The molecule has 2 rings (SSSR count). The first-order valence-electron chi connectivity index (χ1n) is 6.06. The standard InChI is InChI=1S/C14H17NO3/c1-10(14(16)17)18-13-4-2-11(3-5-13)12-6-8-15-9-7-12/h2-6,10,15H,7-9H2,1H3,(H,16,17). The molecule has 1 heterocycles. The maximum Gasteiger partial charge on any atom is 0.344 e. The van der Waals surface area contributed by atoms with Crippen LogP contribution < -0.4 is 10.1 Å². The maximum absolute atomic E-state index is 10.7. The fraction of sp³-hybridized carbons (Fsp3) is 0.357. The summed E-state index contributed by atoms with van der Waals surface area (Å²) in [7, 11) is 0. The van der Waals surface area contributed by atoms with Crippen molar-refractivity contribution in [1.29, 1.82) is 0 Å². The maximum atomic E-state index is 10.7. The second-order valence-corrected chi connectivity index (χ2v) is 4.31. The van der Waals surface area contributed by atoms with Crippen molar-refractivity contribution in [1.82, 2.24) is 5.32 Å². The zero-order chi connectivity index (χ0) is 13.0. The van der Waals surface area contributed by atoms with Gasteiger partial charge in [0.2, 0.25) is 0 Å². The lowest BCUT2D eigenvalue weighted by Gasteiger charge is -2.15. The summed E-state index contributed by atoms with van der Waals surface area (Å²) < 4.78 is 5.29. The van der Waals surface area contributed by atoms with Crippen LogP contribution in [0.2, 0.25) is 0 Å². The molecule has 4 heteroatoms. The number of benzene rings is 1. The number of hydrogen-bond donors (Lipinski definition) is 2. The van der Waals surface area contributed by atoms with Gasteiger partial charge < -0.3 is 15.2 Å². The predicted octanol–water partition coefficient (Wildman–Crippen LogP) is 1.92. The molecule has 0 amide bonds. The van der Waals surface area contributed by atoms with Crippen molar-refractivity contribution in [2.75, 3.05) is 13.1 Å². The van der Waals surface area contributed by atoms with Crippen LogP contribution >= 0.6 is 0 Å². The minimum Gasteiger partial charge on any atom is -0.479 e. The Morgan fingerprint density at radius 1 is 1.39 bits per heavy atom. The normalized spacial score (nSPS) is 16.8. The van der Waals surface area contributed by atoms with Crippen molar-refractivity contribution < 1.29 is 14.6 Å². The van der Waals surface area contributed by atoms with Crippen molar-refractivity contribution in [2.45, 2.75) is 19.4 Å². The molecule has 2 N–H and O–H groups in total. The molecule has 0 radical (unpaired) electrons. The molecule has 4 nitrogen and oxygen atoms in total. The summed E-state index contributed by atoms with van der Waals surface area (Å²) in [6.07, 6.45) is 2.37. The lowest BCUT2D eigenvalue weighted by molar-refractivity contribution is -0.144. The van der Waals surface area contributed by atoms with E-state index in [-0.39, 0.29) is 0 Å². The highest BCUT2D eigenvalue weighted by molar-refractivity contribution is 5.72.